The fraction of sp³-hybridized carbons (Fsp3) is 0.250. The molecule has 6 heteroatoms. The zero-order chi connectivity index (χ0) is 20.9. The molecule has 150 valence electrons. The number of ether oxygens (including phenoxy) is 2. The lowest BCUT2D eigenvalue weighted by Gasteiger charge is -2.40. The normalized spacial score (nSPS) is 26.4. The third kappa shape index (κ3) is 2.41. The highest BCUT2D eigenvalue weighted by Gasteiger charge is 2.69. The van der Waals surface area contributed by atoms with Crippen LogP contribution in [0.15, 0.2) is 60.7 Å². The molecule has 1 saturated carbocycles. The van der Waals surface area contributed by atoms with Gasteiger partial charge in [0.15, 0.2) is 5.60 Å². The number of benzene rings is 2. The van der Waals surface area contributed by atoms with Crippen LogP contribution in [-0.2, 0) is 11.2 Å². The Morgan fingerprint density at radius 1 is 1.20 bits per heavy atom. The van der Waals surface area contributed by atoms with Gasteiger partial charge >= 0.3 is 0 Å². The molecule has 2 aliphatic rings. The quantitative estimate of drug-likeness (QED) is 0.669. The average Bonchev–Trinajstić information content (AvgIpc) is 3.21. The Hall–Kier alpha value is -3.07. The van der Waals surface area contributed by atoms with Gasteiger partial charge < -0.3 is 14.6 Å². The summed E-state index contributed by atoms with van der Waals surface area (Å²) in [5, 5.41) is 22.2. The number of nitrogens with zero attached hydrogens (tertiary/aromatic N) is 2. The summed E-state index contributed by atoms with van der Waals surface area (Å²) in [7, 11) is 1.49. The van der Waals surface area contributed by atoms with Crippen LogP contribution in [-0.4, -0.2) is 17.2 Å². The van der Waals surface area contributed by atoms with Crippen molar-refractivity contribution in [3.05, 3.63) is 88.1 Å². The van der Waals surface area contributed by atoms with Gasteiger partial charge in [0, 0.05) is 17.0 Å². The van der Waals surface area contributed by atoms with Crippen molar-refractivity contribution >= 4 is 11.6 Å². The summed E-state index contributed by atoms with van der Waals surface area (Å²) in [6.45, 7) is 0. The molecule has 2 unspecified atom stereocenters. The summed E-state index contributed by atoms with van der Waals surface area (Å²) in [6.07, 6.45) is 1.18. The maximum atomic E-state index is 12.2. The number of pyridine rings is 1. The van der Waals surface area contributed by atoms with Gasteiger partial charge in [-0.05, 0) is 36.1 Å². The molecule has 2 aromatic carbocycles. The first-order valence-corrected chi connectivity index (χ1v) is 10.1. The SMILES string of the molecule is COc1nc(C#N)cc2c1[C@]1(O)CCC(c3ccccc3)C1(c1ccc(Cl)cc1)O2. The van der Waals surface area contributed by atoms with Gasteiger partial charge in [0.1, 0.15) is 23.1 Å². The molecule has 0 spiro atoms. The van der Waals surface area contributed by atoms with E-state index in [9.17, 15) is 10.4 Å². The lowest BCUT2D eigenvalue weighted by Crippen LogP contribution is -2.48. The van der Waals surface area contributed by atoms with Crippen molar-refractivity contribution < 1.29 is 14.6 Å². The lowest BCUT2D eigenvalue weighted by molar-refractivity contribution is -0.106. The molecule has 5 nitrogen and oxygen atoms in total. The molecule has 3 atom stereocenters. The van der Waals surface area contributed by atoms with Gasteiger partial charge in [-0.3, -0.25) is 0 Å². The van der Waals surface area contributed by atoms with Crippen LogP contribution in [0.5, 0.6) is 11.6 Å². The van der Waals surface area contributed by atoms with Gasteiger partial charge in [-0.25, -0.2) is 4.98 Å². The zero-order valence-electron chi connectivity index (χ0n) is 16.3. The summed E-state index contributed by atoms with van der Waals surface area (Å²) in [4.78, 5) is 4.28. The van der Waals surface area contributed by atoms with Crippen LogP contribution >= 0.6 is 11.6 Å². The second-order valence-corrected chi connectivity index (χ2v) is 8.14. The Morgan fingerprint density at radius 2 is 1.93 bits per heavy atom. The van der Waals surface area contributed by atoms with E-state index in [0.717, 1.165) is 11.1 Å². The molecule has 30 heavy (non-hydrogen) atoms. The maximum absolute atomic E-state index is 12.2. The summed E-state index contributed by atoms with van der Waals surface area (Å²) in [5.41, 5.74) is 0.100. The molecule has 1 aliphatic carbocycles. The Balaban J connectivity index is 1.80. The molecule has 0 saturated heterocycles. The molecule has 5 rings (SSSR count). The Kier molecular flexibility index (Phi) is 4.25. The molecular formula is C24H19ClN2O3. The van der Waals surface area contributed by atoms with Crippen molar-refractivity contribution in [1.29, 1.82) is 5.26 Å². The van der Waals surface area contributed by atoms with Gasteiger partial charge in [-0.2, -0.15) is 5.26 Å². The third-order valence-electron chi connectivity index (χ3n) is 6.32. The fourth-order valence-corrected chi connectivity index (χ4v) is 5.24. The second-order valence-electron chi connectivity index (χ2n) is 7.71. The van der Waals surface area contributed by atoms with Gasteiger partial charge in [-0.15, -0.1) is 0 Å². The van der Waals surface area contributed by atoms with Crippen molar-refractivity contribution in [2.45, 2.75) is 30.0 Å². The number of rotatable bonds is 3. The summed E-state index contributed by atoms with van der Waals surface area (Å²) < 4.78 is 12.1. The number of hydrogen-bond donors (Lipinski definition) is 1. The first kappa shape index (κ1) is 18.9. The first-order valence-electron chi connectivity index (χ1n) is 9.75. The van der Waals surface area contributed by atoms with Crippen molar-refractivity contribution in [3.8, 4) is 17.7 Å². The van der Waals surface area contributed by atoms with Crippen LogP contribution in [0, 0.1) is 11.3 Å². The molecule has 0 radical (unpaired) electrons. The van der Waals surface area contributed by atoms with Crippen molar-refractivity contribution in [1.82, 2.24) is 4.98 Å². The molecule has 1 fully saturated rings. The summed E-state index contributed by atoms with van der Waals surface area (Å²) in [6, 6.07) is 21.1. The Labute approximate surface area is 179 Å². The van der Waals surface area contributed by atoms with Crippen LogP contribution in [0.3, 0.4) is 0 Å². The van der Waals surface area contributed by atoms with E-state index >= 15 is 0 Å². The summed E-state index contributed by atoms with van der Waals surface area (Å²) >= 11 is 6.15. The van der Waals surface area contributed by atoms with E-state index in [1.54, 1.807) is 18.2 Å². The predicted molar refractivity (Wildman–Crippen MR) is 112 cm³/mol. The fourth-order valence-electron chi connectivity index (χ4n) is 5.12. The zero-order valence-corrected chi connectivity index (χ0v) is 17.1. The molecule has 0 amide bonds. The van der Waals surface area contributed by atoms with Gasteiger partial charge in [0.05, 0.1) is 12.7 Å². The van der Waals surface area contributed by atoms with Crippen LogP contribution in [0.2, 0.25) is 5.02 Å². The smallest absolute Gasteiger partial charge is 0.224 e. The molecule has 3 aromatic rings. The largest absolute Gasteiger partial charge is 0.481 e. The van der Waals surface area contributed by atoms with Crippen molar-refractivity contribution in [3.63, 3.8) is 0 Å². The van der Waals surface area contributed by atoms with E-state index < -0.39 is 11.2 Å². The highest BCUT2D eigenvalue weighted by Crippen LogP contribution is 2.67. The molecule has 1 aliphatic heterocycles. The third-order valence-corrected chi connectivity index (χ3v) is 6.57. The highest BCUT2D eigenvalue weighted by molar-refractivity contribution is 6.30. The summed E-state index contributed by atoms with van der Waals surface area (Å²) in [5.74, 6) is 0.528. The monoisotopic (exact) mass is 418 g/mol. The van der Waals surface area contributed by atoms with Crippen molar-refractivity contribution in [2.75, 3.05) is 7.11 Å². The molecule has 1 N–H and O–H groups in total. The van der Waals surface area contributed by atoms with Crippen LogP contribution in [0.1, 0.15) is 41.1 Å². The lowest BCUT2D eigenvalue weighted by atomic mass is 9.72. The topological polar surface area (TPSA) is 75.4 Å². The van der Waals surface area contributed by atoms with E-state index in [1.165, 1.54) is 7.11 Å². The minimum Gasteiger partial charge on any atom is -0.481 e. The van der Waals surface area contributed by atoms with Crippen LogP contribution < -0.4 is 9.47 Å². The second kappa shape index (κ2) is 6.73. The van der Waals surface area contributed by atoms with E-state index in [1.807, 2.05) is 36.4 Å². The van der Waals surface area contributed by atoms with Crippen LogP contribution in [0.4, 0.5) is 0 Å². The first-order chi connectivity index (χ1) is 14.5. The molecular weight excluding hydrogens is 400 g/mol. The van der Waals surface area contributed by atoms with Gasteiger partial charge in [0.25, 0.3) is 0 Å². The Bertz CT molecular complexity index is 1160. The van der Waals surface area contributed by atoms with Gasteiger partial charge in [-0.1, -0.05) is 54.1 Å². The molecule has 0 bridgehead atoms. The number of nitriles is 1. The van der Waals surface area contributed by atoms with E-state index in [-0.39, 0.29) is 17.5 Å². The number of aliphatic hydroxyl groups is 1. The predicted octanol–water partition coefficient (Wildman–Crippen LogP) is 4.67. The van der Waals surface area contributed by atoms with Crippen molar-refractivity contribution in [2.24, 2.45) is 0 Å². The molecule has 1 aromatic heterocycles. The number of aromatic nitrogens is 1. The number of methoxy groups -OCH3 is 1. The Morgan fingerprint density at radius 3 is 2.60 bits per heavy atom. The number of halogens is 1. The number of hydrogen-bond acceptors (Lipinski definition) is 5. The number of fused-ring (bicyclic) bond motifs is 3. The maximum Gasteiger partial charge on any atom is 0.224 e. The van der Waals surface area contributed by atoms with Crippen LogP contribution in [0.25, 0.3) is 0 Å². The average molecular weight is 419 g/mol. The molecule has 2 heterocycles. The van der Waals surface area contributed by atoms with E-state index in [4.69, 9.17) is 21.1 Å². The highest BCUT2D eigenvalue weighted by atomic mass is 35.5. The van der Waals surface area contributed by atoms with Gasteiger partial charge in [0.2, 0.25) is 5.88 Å². The minimum atomic E-state index is -1.37. The standard InChI is InChI=1S/C24H19ClN2O3/c1-29-22-21-20(13-18(14-26)27-22)30-24(16-7-9-17(25)10-8-16)19(11-12-23(21,24)28)15-5-3-2-4-6-15/h2-10,13,19,28H,11-12H2,1H3/t19?,23-,24?/m1/s1. The minimum absolute atomic E-state index is 0.118. The van der Waals surface area contributed by atoms with E-state index in [2.05, 4.69) is 17.1 Å². The van der Waals surface area contributed by atoms with E-state index in [0.29, 0.717) is 29.2 Å².